The molecule has 1 aromatic carbocycles. The van der Waals surface area contributed by atoms with Crippen molar-refractivity contribution in [3.05, 3.63) is 41.0 Å². The molecule has 0 saturated carbocycles. The van der Waals surface area contributed by atoms with Gasteiger partial charge < -0.3 is 9.84 Å². The van der Waals surface area contributed by atoms with Gasteiger partial charge in [0.15, 0.2) is 0 Å². The fourth-order valence-electron chi connectivity index (χ4n) is 1.95. The molecule has 0 fully saturated rings. The molecule has 0 aromatic heterocycles. The number of aliphatic hydroxyl groups excluding tert-OH is 1. The van der Waals surface area contributed by atoms with Crippen molar-refractivity contribution in [2.45, 2.75) is 12.8 Å². The van der Waals surface area contributed by atoms with Crippen molar-refractivity contribution >= 4 is 17.5 Å². The third kappa shape index (κ3) is 1.93. The van der Waals surface area contributed by atoms with E-state index in [1.807, 2.05) is 12.1 Å². The molecule has 17 heavy (non-hydrogen) atoms. The lowest BCUT2D eigenvalue weighted by molar-refractivity contribution is -0.149. The number of aryl methyl sites for hydroxylation is 1. The zero-order chi connectivity index (χ0) is 12.4. The Hall–Kier alpha value is -2.10. The third-order valence-electron chi connectivity index (χ3n) is 2.85. The minimum absolute atomic E-state index is 0.109. The average Bonchev–Trinajstić information content (AvgIpc) is 2.38. The number of ether oxygens (including phenoxy) is 1. The second-order valence-corrected chi connectivity index (χ2v) is 3.81. The molecule has 0 spiro atoms. The van der Waals surface area contributed by atoms with E-state index < -0.39 is 11.8 Å². The number of benzene rings is 1. The zero-order valence-corrected chi connectivity index (χ0v) is 9.40. The van der Waals surface area contributed by atoms with E-state index in [4.69, 9.17) is 0 Å². The van der Waals surface area contributed by atoms with E-state index in [-0.39, 0.29) is 11.3 Å². The van der Waals surface area contributed by atoms with E-state index in [9.17, 15) is 14.7 Å². The molecule has 4 nitrogen and oxygen atoms in total. The Morgan fingerprint density at radius 3 is 2.65 bits per heavy atom. The molecule has 0 bridgehead atoms. The highest BCUT2D eigenvalue weighted by molar-refractivity contribution is 6.41. The molecule has 0 radical (unpaired) electrons. The van der Waals surface area contributed by atoms with E-state index in [2.05, 4.69) is 4.74 Å². The number of carbonyl (C=O) groups is 2. The van der Waals surface area contributed by atoms with Crippen molar-refractivity contribution in [3.63, 3.8) is 0 Å². The van der Waals surface area contributed by atoms with E-state index in [0.717, 1.165) is 12.7 Å². The predicted molar refractivity (Wildman–Crippen MR) is 61.3 cm³/mol. The third-order valence-corrected chi connectivity index (χ3v) is 2.85. The molecule has 1 N–H and O–H groups in total. The maximum atomic E-state index is 11.7. The van der Waals surface area contributed by atoms with Crippen LogP contribution in [0, 0.1) is 0 Å². The first-order chi connectivity index (χ1) is 8.15. The molecule has 1 aliphatic rings. The molecular weight excluding hydrogens is 220 g/mol. The van der Waals surface area contributed by atoms with E-state index >= 15 is 0 Å². The topological polar surface area (TPSA) is 63.6 Å². The van der Waals surface area contributed by atoms with Gasteiger partial charge in [-0.05, 0) is 18.4 Å². The van der Waals surface area contributed by atoms with Crippen LogP contribution in [0.3, 0.4) is 0 Å². The number of rotatable bonds is 2. The standard InChI is InChI=1S/C13H12O4/c1-17-13(16)12(15)10-7-6-8-4-2-3-5-9(8)11(10)14/h2-5,14H,6-7H2,1H3. The average molecular weight is 232 g/mol. The maximum Gasteiger partial charge on any atom is 0.379 e. The fourth-order valence-corrected chi connectivity index (χ4v) is 1.95. The molecule has 0 atom stereocenters. The summed E-state index contributed by atoms with van der Waals surface area (Å²) in [5.74, 6) is -1.81. The summed E-state index contributed by atoms with van der Waals surface area (Å²) in [7, 11) is 1.15. The Labute approximate surface area is 98.5 Å². The van der Waals surface area contributed by atoms with Crippen molar-refractivity contribution in [1.29, 1.82) is 0 Å². The first-order valence-electron chi connectivity index (χ1n) is 5.28. The van der Waals surface area contributed by atoms with Gasteiger partial charge in [-0.25, -0.2) is 4.79 Å². The van der Waals surface area contributed by atoms with Gasteiger partial charge in [-0.15, -0.1) is 0 Å². The summed E-state index contributed by atoms with van der Waals surface area (Å²) < 4.78 is 4.37. The van der Waals surface area contributed by atoms with Gasteiger partial charge in [0.25, 0.3) is 5.78 Å². The van der Waals surface area contributed by atoms with Crippen LogP contribution in [0.2, 0.25) is 0 Å². The van der Waals surface area contributed by atoms with Crippen LogP contribution in [0.1, 0.15) is 17.5 Å². The van der Waals surface area contributed by atoms with Crippen molar-refractivity contribution in [3.8, 4) is 0 Å². The molecule has 1 aromatic rings. The number of hydrogen-bond donors (Lipinski definition) is 1. The molecule has 0 aliphatic heterocycles. The Balaban J connectivity index is 2.44. The molecule has 1 aliphatic carbocycles. The van der Waals surface area contributed by atoms with E-state index in [1.165, 1.54) is 0 Å². The number of aliphatic hydroxyl groups is 1. The first-order valence-corrected chi connectivity index (χ1v) is 5.28. The van der Waals surface area contributed by atoms with Crippen LogP contribution in [0.5, 0.6) is 0 Å². The Morgan fingerprint density at radius 1 is 1.24 bits per heavy atom. The summed E-state index contributed by atoms with van der Waals surface area (Å²) in [5, 5.41) is 9.99. The van der Waals surface area contributed by atoms with Crippen molar-refractivity contribution in [2.75, 3.05) is 7.11 Å². The summed E-state index contributed by atoms with van der Waals surface area (Å²) in [4.78, 5) is 22.8. The fraction of sp³-hybridized carbons (Fsp3) is 0.231. The van der Waals surface area contributed by atoms with Crippen LogP contribution in [0.15, 0.2) is 29.8 Å². The lowest BCUT2D eigenvalue weighted by atomic mass is 9.89. The molecule has 0 amide bonds. The lowest BCUT2D eigenvalue weighted by Crippen LogP contribution is -2.21. The smallest absolute Gasteiger partial charge is 0.379 e. The predicted octanol–water partition coefficient (Wildman–Crippen LogP) is 1.64. The van der Waals surface area contributed by atoms with Gasteiger partial charge in [-0.1, -0.05) is 24.3 Å². The van der Waals surface area contributed by atoms with E-state index in [0.29, 0.717) is 18.4 Å². The van der Waals surface area contributed by atoms with Crippen LogP contribution in [0.25, 0.3) is 5.76 Å². The summed E-state index contributed by atoms with van der Waals surface area (Å²) in [6.07, 6.45) is 0.995. The van der Waals surface area contributed by atoms with Gasteiger partial charge in [0.1, 0.15) is 5.76 Å². The number of hydrogen-bond acceptors (Lipinski definition) is 4. The van der Waals surface area contributed by atoms with Crippen LogP contribution in [-0.4, -0.2) is 24.0 Å². The maximum absolute atomic E-state index is 11.7. The first kappa shape index (κ1) is 11.4. The van der Waals surface area contributed by atoms with Gasteiger partial charge in [0.2, 0.25) is 0 Å². The summed E-state index contributed by atoms with van der Waals surface area (Å²) >= 11 is 0. The second-order valence-electron chi connectivity index (χ2n) is 3.81. The van der Waals surface area contributed by atoms with E-state index in [1.54, 1.807) is 12.1 Å². The van der Waals surface area contributed by atoms with Crippen LogP contribution < -0.4 is 0 Å². The van der Waals surface area contributed by atoms with Gasteiger partial charge in [0, 0.05) is 11.1 Å². The van der Waals surface area contributed by atoms with Crippen LogP contribution in [0.4, 0.5) is 0 Å². The lowest BCUT2D eigenvalue weighted by Gasteiger charge is -2.17. The zero-order valence-electron chi connectivity index (χ0n) is 9.40. The normalized spacial score (nSPS) is 14.2. The molecule has 4 heteroatoms. The van der Waals surface area contributed by atoms with Crippen molar-refractivity contribution < 1.29 is 19.4 Å². The molecule has 0 unspecified atom stereocenters. The minimum atomic E-state index is -0.939. The van der Waals surface area contributed by atoms with Gasteiger partial charge >= 0.3 is 5.97 Å². The SMILES string of the molecule is COC(=O)C(=O)C1=C(O)c2ccccc2CC1. The van der Waals surface area contributed by atoms with Crippen molar-refractivity contribution in [1.82, 2.24) is 0 Å². The molecule has 0 saturated heterocycles. The number of Topliss-reactive ketones (excluding diaryl/α,β-unsaturated/α-hetero) is 1. The molecular formula is C13H12O4. The van der Waals surface area contributed by atoms with Crippen molar-refractivity contribution in [2.24, 2.45) is 0 Å². The number of ketones is 1. The Bertz CT molecular complexity index is 514. The number of carbonyl (C=O) groups excluding carboxylic acids is 2. The Morgan fingerprint density at radius 2 is 1.94 bits per heavy atom. The van der Waals surface area contributed by atoms with Gasteiger partial charge in [0.05, 0.1) is 7.11 Å². The molecule has 88 valence electrons. The summed E-state index contributed by atoms with van der Waals surface area (Å²) in [6.45, 7) is 0. The minimum Gasteiger partial charge on any atom is -0.507 e. The highest BCUT2D eigenvalue weighted by atomic mass is 16.5. The quantitative estimate of drug-likeness (QED) is 0.622. The highest BCUT2D eigenvalue weighted by Crippen LogP contribution is 2.29. The second kappa shape index (κ2) is 4.41. The van der Waals surface area contributed by atoms with Gasteiger partial charge in [-0.3, -0.25) is 4.79 Å². The Kier molecular flexibility index (Phi) is 2.95. The van der Waals surface area contributed by atoms with Gasteiger partial charge in [-0.2, -0.15) is 0 Å². The highest BCUT2D eigenvalue weighted by Gasteiger charge is 2.27. The number of esters is 1. The number of methoxy groups -OCH3 is 1. The number of fused-ring (bicyclic) bond motifs is 1. The van der Waals surface area contributed by atoms with Crippen LogP contribution in [-0.2, 0) is 20.7 Å². The molecule has 2 rings (SSSR count). The summed E-state index contributed by atoms with van der Waals surface area (Å²) in [6, 6.07) is 7.28. The summed E-state index contributed by atoms with van der Waals surface area (Å²) in [5.41, 5.74) is 1.73. The monoisotopic (exact) mass is 232 g/mol. The largest absolute Gasteiger partial charge is 0.507 e. The van der Waals surface area contributed by atoms with Crippen LogP contribution >= 0.6 is 0 Å². The molecule has 0 heterocycles.